The number of ether oxygens (including phenoxy) is 1. The molecule has 0 spiro atoms. The van der Waals surface area contributed by atoms with Gasteiger partial charge in [-0.3, -0.25) is 4.57 Å². The molecule has 0 bridgehead atoms. The van der Waals surface area contributed by atoms with E-state index in [1.807, 2.05) is 0 Å². The lowest BCUT2D eigenvalue weighted by Crippen LogP contribution is -2.13. The standard InChI is InChI=1S/C9H14N5O4P/c1-6(18-5-19(15,16)17)2-7-3-13-14-8(7)11-4-12-9(14)10/h3-4,6H,2,5H2,1H3,(H2,10,11,12)(H2,15,16,17). The molecule has 0 aliphatic heterocycles. The monoisotopic (exact) mass is 287 g/mol. The zero-order valence-corrected chi connectivity index (χ0v) is 11.1. The molecule has 0 fully saturated rings. The van der Waals surface area contributed by atoms with E-state index in [1.54, 1.807) is 13.1 Å². The number of anilines is 1. The summed E-state index contributed by atoms with van der Waals surface area (Å²) in [5, 5.41) is 4.04. The molecule has 4 N–H and O–H groups in total. The maximum absolute atomic E-state index is 10.7. The van der Waals surface area contributed by atoms with Gasteiger partial charge in [-0.15, -0.1) is 0 Å². The Morgan fingerprint density at radius 3 is 2.95 bits per heavy atom. The third-order valence-electron chi connectivity index (χ3n) is 2.44. The van der Waals surface area contributed by atoms with Gasteiger partial charge in [-0.05, 0) is 6.92 Å². The van der Waals surface area contributed by atoms with Gasteiger partial charge in [0.25, 0.3) is 0 Å². The fraction of sp³-hybridized carbons (Fsp3) is 0.444. The summed E-state index contributed by atoms with van der Waals surface area (Å²) in [5.74, 6) is 0.222. The molecule has 0 radical (unpaired) electrons. The van der Waals surface area contributed by atoms with Crippen molar-refractivity contribution in [2.75, 3.05) is 12.1 Å². The van der Waals surface area contributed by atoms with Crippen LogP contribution in [0.15, 0.2) is 12.5 Å². The fourth-order valence-corrected chi connectivity index (χ4v) is 2.06. The van der Waals surface area contributed by atoms with Crippen molar-refractivity contribution in [2.45, 2.75) is 19.4 Å². The minimum Gasteiger partial charge on any atom is -0.368 e. The quantitative estimate of drug-likeness (QED) is 0.642. The summed E-state index contributed by atoms with van der Waals surface area (Å²) in [7, 11) is -4.15. The van der Waals surface area contributed by atoms with Gasteiger partial charge in [-0.25, -0.2) is 9.97 Å². The van der Waals surface area contributed by atoms with Crippen molar-refractivity contribution in [3.63, 3.8) is 0 Å². The second kappa shape index (κ2) is 5.22. The SMILES string of the molecule is CC(Cc1cnn2c(N)ncnc12)OCP(=O)(O)O. The van der Waals surface area contributed by atoms with Gasteiger partial charge in [0.15, 0.2) is 5.65 Å². The molecule has 2 aromatic rings. The molecule has 1 unspecified atom stereocenters. The Morgan fingerprint density at radius 1 is 1.53 bits per heavy atom. The van der Waals surface area contributed by atoms with Gasteiger partial charge in [0.1, 0.15) is 12.7 Å². The van der Waals surface area contributed by atoms with E-state index in [4.69, 9.17) is 20.3 Å². The molecule has 0 aliphatic rings. The molecule has 2 aromatic heterocycles. The Morgan fingerprint density at radius 2 is 2.26 bits per heavy atom. The largest absolute Gasteiger partial charge is 0.368 e. The van der Waals surface area contributed by atoms with Crippen LogP contribution in [0.2, 0.25) is 0 Å². The number of nitrogens with zero attached hydrogens (tertiary/aromatic N) is 4. The van der Waals surface area contributed by atoms with Crippen LogP contribution in [0, 0.1) is 0 Å². The molecule has 10 heteroatoms. The van der Waals surface area contributed by atoms with E-state index in [2.05, 4.69) is 15.1 Å². The van der Waals surface area contributed by atoms with Crippen molar-refractivity contribution in [3.8, 4) is 0 Å². The molecule has 19 heavy (non-hydrogen) atoms. The van der Waals surface area contributed by atoms with Crippen molar-refractivity contribution in [1.82, 2.24) is 19.6 Å². The van der Waals surface area contributed by atoms with Crippen LogP contribution in [0.4, 0.5) is 5.95 Å². The van der Waals surface area contributed by atoms with Crippen LogP contribution in [0.1, 0.15) is 12.5 Å². The third-order valence-corrected chi connectivity index (χ3v) is 2.92. The minimum absolute atomic E-state index is 0.222. The first-order valence-electron chi connectivity index (χ1n) is 5.46. The highest BCUT2D eigenvalue weighted by molar-refractivity contribution is 7.51. The molecular formula is C9H14N5O4P. The lowest BCUT2D eigenvalue weighted by Gasteiger charge is -2.12. The normalized spacial score (nSPS) is 13.8. The maximum atomic E-state index is 10.7. The van der Waals surface area contributed by atoms with Gasteiger partial charge in [0, 0.05) is 12.0 Å². The van der Waals surface area contributed by atoms with Gasteiger partial charge in [0.2, 0.25) is 5.95 Å². The molecule has 9 nitrogen and oxygen atoms in total. The third kappa shape index (κ3) is 3.48. The van der Waals surface area contributed by atoms with E-state index >= 15 is 0 Å². The highest BCUT2D eigenvalue weighted by Crippen LogP contribution is 2.34. The second-order valence-electron chi connectivity index (χ2n) is 4.11. The molecule has 0 saturated heterocycles. The zero-order valence-electron chi connectivity index (χ0n) is 10.2. The van der Waals surface area contributed by atoms with Crippen LogP contribution >= 0.6 is 7.60 Å². The topological polar surface area (TPSA) is 136 Å². The number of hydrogen-bond acceptors (Lipinski definition) is 6. The Hall–Kier alpha value is -1.54. The Labute approximate surface area is 108 Å². The van der Waals surface area contributed by atoms with Crippen LogP contribution in [-0.4, -0.2) is 41.8 Å². The van der Waals surface area contributed by atoms with E-state index in [0.29, 0.717) is 12.1 Å². The van der Waals surface area contributed by atoms with Gasteiger partial charge in [-0.1, -0.05) is 0 Å². The van der Waals surface area contributed by atoms with Crippen molar-refractivity contribution in [2.24, 2.45) is 0 Å². The first kappa shape index (κ1) is 13.9. The maximum Gasteiger partial charge on any atom is 0.350 e. The fourth-order valence-electron chi connectivity index (χ4n) is 1.62. The predicted octanol–water partition coefficient (Wildman–Crippen LogP) is -0.211. The van der Waals surface area contributed by atoms with Crippen LogP contribution in [-0.2, 0) is 15.7 Å². The first-order valence-corrected chi connectivity index (χ1v) is 7.26. The molecule has 2 rings (SSSR count). The van der Waals surface area contributed by atoms with Crippen LogP contribution in [0.5, 0.6) is 0 Å². The summed E-state index contributed by atoms with van der Waals surface area (Å²) in [4.78, 5) is 25.3. The summed E-state index contributed by atoms with van der Waals surface area (Å²) in [6.07, 6.45) is 2.34. The Balaban J connectivity index is 2.09. The minimum atomic E-state index is -4.15. The van der Waals surface area contributed by atoms with Crippen LogP contribution < -0.4 is 5.73 Å². The van der Waals surface area contributed by atoms with Crippen molar-refractivity contribution in [3.05, 3.63) is 18.1 Å². The first-order chi connectivity index (χ1) is 8.87. The molecule has 2 heterocycles. The van der Waals surface area contributed by atoms with Gasteiger partial charge >= 0.3 is 7.60 Å². The average molecular weight is 287 g/mol. The highest BCUT2D eigenvalue weighted by Gasteiger charge is 2.17. The lowest BCUT2D eigenvalue weighted by atomic mass is 10.2. The molecule has 0 saturated carbocycles. The van der Waals surface area contributed by atoms with Crippen LogP contribution in [0.3, 0.4) is 0 Å². The van der Waals surface area contributed by atoms with Crippen LogP contribution in [0.25, 0.3) is 5.65 Å². The molecule has 0 aliphatic carbocycles. The summed E-state index contributed by atoms with van der Waals surface area (Å²) in [6, 6.07) is 0. The molecule has 0 amide bonds. The number of fused-ring (bicyclic) bond motifs is 1. The summed E-state index contributed by atoms with van der Waals surface area (Å²) < 4.78 is 17.2. The predicted molar refractivity (Wildman–Crippen MR) is 66.4 cm³/mol. The second-order valence-corrected chi connectivity index (χ2v) is 5.70. The Kier molecular flexibility index (Phi) is 3.81. The average Bonchev–Trinajstić information content (AvgIpc) is 2.71. The summed E-state index contributed by atoms with van der Waals surface area (Å²) in [6.45, 7) is 1.71. The van der Waals surface area contributed by atoms with E-state index in [1.165, 1.54) is 10.8 Å². The summed E-state index contributed by atoms with van der Waals surface area (Å²) in [5.41, 5.74) is 6.96. The van der Waals surface area contributed by atoms with Crippen molar-refractivity contribution in [1.29, 1.82) is 0 Å². The van der Waals surface area contributed by atoms with Crippen molar-refractivity contribution < 1.29 is 19.1 Å². The molecule has 1 atom stereocenters. The van der Waals surface area contributed by atoms with E-state index < -0.39 is 13.9 Å². The number of rotatable bonds is 5. The zero-order chi connectivity index (χ0) is 14.0. The number of hydrogen-bond donors (Lipinski definition) is 3. The number of aromatic nitrogens is 4. The number of nitrogens with two attached hydrogens (primary N) is 1. The lowest BCUT2D eigenvalue weighted by molar-refractivity contribution is 0.0889. The van der Waals surface area contributed by atoms with E-state index in [-0.39, 0.29) is 12.1 Å². The number of nitrogen functional groups attached to an aromatic ring is 1. The molecule has 0 aromatic carbocycles. The molecule has 104 valence electrons. The van der Waals surface area contributed by atoms with E-state index in [9.17, 15) is 4.57 Å². The van der Waals surface area contributed by atoms with Crippen molar-refractivity contribution >= 4 is 19.2 Å². The molecular weight excluding hydrogens is 273 g/mol. The smallest absolute Gasteiger partial charge is 0.350 e. The van der Waals surface area contributed by atoms with Gasteiger partial charge in [0.05, 0.1) is 12.3 Å². The highest BCUT2D eigenvalue weighted by atomic mass is 31.2. The van der Waals surface area contributed by atoms with E-state index in [0.717, 1.165) is 5.56 Å². The Bertz CT molecular complexity index is 624. The van der Waals surface area contributed by atoms with Gasteiger partial charge < -0.3 is 20.3 Å². The van der Waals surface area contributed by atoms with Gasteiger partial charge in [-0.2, -0.15) is 9.61 Å². The summed E-state index contributed by atoms with van der Waals surface area (Å²) >= 11 is 0.